The van der Waals surface area contributed by atoms with Crippen molar-refractivity contribution in [2.24, 2.45) is 0 Å². The van der Waals surface area contributed by atoms with Crippen LogP contribution in [0.1, 0.15) is 31.4 Å². The maximum atomic E-state index is 13.2. The summed E-state index contributed by atoms with van der Waals surface area (Å²) in [6, 6.07) is 2.55. The van der Waals surface area contributed by atoms with Gasteiger partial charge in [-0.2, -0.15) is 0 Å². The Labute approximate surface area is 92.9 Å². The number of hydrogen-bond acceptors (Lipinski definition) is 1. The van der Waals surface area contributed by atoms with Crippen LogP contribution in [-0.2, 0) is 10.2 Å². The van der Waals surface area contributed by atoms with Crippen LogP contribution in [0.25, 0.3) is 0 Å². The molecule has 0 spiro atoms. The fourth-order valence-corrected chi connectivity index (χ4v) is 1.60. The van der Waals surface area contributed by atoms with Crippen LogP contribution in [0.15, 0.2) is 12.1 Å². The second kappa shape index (κ2) is 4.20. The SMILES string of the molecule is Cc1cc(C(C)(C)CC(=O)O)cc(F)c1F. The predicted molar refractivity (Wildman–Crippen MR) is 56.4 cm³/mol. The Morgan fingerprint density at radius 2 is 1.94 bits per heavy atom. The summed E-state index contributed by atoms with van der Waals surface area (Å²) in [5.74, 6) is -2.78. The fourth-order valence-electron chi connectivity index (χ4n) is 1.60. The Balaban J connectivity index is 3.18. The number of aryl methyl sites for hydroxylation is 1. The fraction of sp³-hybridized carbons (Fsp3) is 0.417. The lowest BCUT2D eigenvalue weighted by Gasteiger charge is -2.23. The van der Waals surface area contributed by atoms with Crippen LogP contribution in [0, 0.1) is 18.6 Å². The molecule has 0 fully saturated rings. The zero-order valence-electron chi connectivity index (χ0n) is 9.47. The number of carboxylic acids is 1. The number of benzene rings is 1. The van der Waals surface area contributed by atoms with E-state index in [1.165, 1.54) is 13.0 Å². The Hall–Kier alpha value is -1.45. The zero-order valence-corrected chi connectivity index (χ0v) is 9.47. The summed E-state index contributed by atoms with van der Waals surface area (Å²) in [7, 11) is 0. The predicted octanol–water partition coefficient (Wildman–Crippen LogP) is 3.03. The van der Waals surface area contributed by atoms with Gasteiger partial charge in [0.2, 0.25) is 0 Å². The number of aliphatic carboxylic acids is 1. The molecule has 0 bridgehead atoms. The molecule has 0 aliphatic carbocycles. The van der Waals surface area contributed by atoms with Gasteiger partial charge in [0.15, 0.2) is 11.6 Å². The van der Waals surface area contributed by atoms with Crippen LogP contribution < -0.4 is 0 Å². The first-order chi connectivity index (χ1) is 7.24. The van der Waals surface area contributed by atoms with E-state index in [4.69, 9.17) is 5.11 Å². The topological polar surface area (TPSA) is 37.3 Å². The summed E-state index contributed by atoms with van der Waals surface area (Å²) in [6.45, 7) is 4.83. The van der Waals surface area contributed by atoms with Crippen LogP contribution in [0.4, 0.5) is 8.78 Å². The smallest absolute Gasteiger partial charge is 0.304 e. The van der Waals surface area contributed by atoms with Crippen molar-refractivity contribution in [3.8, 4) is 0 Å². The first-order valence-electron chi connectivity index (χ1n) is 4.92. The maximum Gasteiger partial charge on any atom is 0.304 e. The van der Waals surface area contributed by atoms with E-state index in [9.17, 15) is 13.6 Å². The molecule has 0 aliphatic heterocycles. The summed E-state index contributed by atoms with van der Waals surface area (Å²) >= 11 is 0. The van der Waals surface area contributed by atoms with Crippen molar-refractivity contribution in [3.05, 3.63) is 34.9 Å². The molecule has 0 atom stereocenters. The lowest BCUT2D eigenvalue weighted by molar-refractivity contribution is -0.138. The average Bonchev–Trinajstić information content (AvgIpc) is 2.11. The Bertz CT molecular complexity index is 402. The molecule has 0 aromatic heterocycles. The van der Waals surface area contributed by atoms with Crippen molar-refractivity contribution in [2.75, 3.05) is 0 Å². The Kier molecular flexibility index (Phi) is 3.31. The monoisotopic (exact) mass is 228 g/mol. The third-order valence-corrected chi connectivity index (χ3v) is 2.58. The van der Waals surface area contributed by atoms with Crippen molar-refractivity contribution in [1.29, 1.82) is 0 Å². The van der Waals surface area contributed by atoms with Gasteiger partial charge in [0.25, 0.3) is 0 Å². The van der Waals surface area contributed by atoms with Gasteiger partial charge in [-0.15, -0.1) is 0 Å². The van der Waals surface area contributed by atoms with E-state index < -0.39 is 23.0 Å². The molecule has 0 amide bonds. The van der Waals surface area contributed by atoms with E-state index in [0.29, 0.717) is 5.56 Å². The minimum absolute atomic E-state index is 0.127. The van der Waals surface area contributed by atoms with Crippen molar-refractivity contribution in [3.63, 3.8) is 0 Å². The van der Waals surface area contributed by atoms with Gasteiger partial charge in [-0.1, -0.05) is 19.9 Å². The van der Waals surface area contributed by atoms with Crippen LogP contribution in [0.2, 0.25) is 0 Å². The first-order valence-corrected chi connectivity index (χ1v) is 4.92. The van der Waals surface area contributed by atoms with Gasteiger partial charge in [-0.25, -0.2) is 8.78 Å². The highest BCUT2D eigenvalue weighted by Gasteiger charge is 2.25. The maximum absolute atomic E-state index is 13.2. The van der Waals surface area contributed by atoms with E-state index in [-0.39, 0.29) is 12.0 Å². The molecule has 4 heteroatoms. The Morgan fingerprint density at radius 3 is 2.38 bits per heavy atom. The van der Waals surface area contributed by atoms with E-state index in [1.807, 2.05) is 0 Å². The summed E-state index contributed by atoms with van der Waals surface area (Å²) in [5, 5.41) is 8.74. The van der Waals surface area contributed by atoms with Crippen molar-refractivity contribution in [1.82, 2.24) is 0 Å². The number of carboxylic acid groups (broad SMARTS) is 1. The highest BCUT2D eigenvalue weighted by molar-refractivity contribution is 5.68. The number of carbonyl (C=O) groups is 1. The van der Waals surface area contributed by atoms with Gasteiger partial charge < -0.3 is 5.11 Å². The van der Waals surface area contributed by atoms with E-state index in [1.54, 1.807) is 13.8 Å². The third-order valence-electron chi connectivity index (χ3n) is 2.58. The number of rotatable bonds is 3. The molecule has 0 unspecified atom stereocenters. The molecule has 0 heterocycles. The molecule has 1 aromatic carbocycles. The van der Waals surface area contributed by atoms with Crippen molar-refractivity contribution in [2.45, 2.75) is 32.6 Å². The number of hydrogen-bond donors (Lipinski definition) is 1. The average molecular weight is 228 g/mol. The molecule has 1 N–H and O–H groups in total. The van der Waals surface area contributed by atoms with E-state index in [0.717, 1.165) is 6.07 Å². The summed E-state index contributed by atoms with van der Waals surface area (Å²) in [6.07, 6.45) is -0.127. The number of halogens is 2. The third kappa shape index (κ3) is 2.56. The standard InChI is InChI=1S/C12H14F2O2/c1-7-4-8(5-9(13)11(7)14)12(2,3)6-10(15)16/h4-5H,6H2,1-3H3,(H,15,16). The lowest BCUT2D eigenvalue weighted by atomic mass is 9.81. The van der Waals surface area contributed by atoms with Crippen molar-refractivity contribution >= 4 is 5.97 Å². The highest BCUT2D eigenvalue weighted by atomic mass is 19.2. The molecular formula is C12H14F2O2. The molecule has 16 heavy (non-hydrogen) atoms. The van der Waals surface area contributed by atoms with Gasteiger partial charge in [0, 0.05) is 5.41 Å². The summed E-state index contributed by atoms with van der Waals surface area (Å²) < 4.78 is 26.3. The Morgan fingerprint density at radius 1 is 1.38 bits per heavy atom. The van der Waals surface area contributed by atoms with Crippen LogP contribution >= 0.6 is 0 Å². The van der Waals surface area contributed by atoms with Crippen LogP contribution in [-0.4, -0.2) is 11.1 Å². The van der Waals surface area contributed by atoms with Crippen molar-refractivity contribution < 1.29 is 18.7 Å². The molecule has 0 saturated heterocycles. The van der Waals surface area contributed by atoms with Gasteiger partial charge in [-0.3, -0.25) is 4.79 Å². The molecule has 1 rings (SSSR count). The zero-order chi connectivity index (χ0) is 12.5. The summed E-state index contributed by atoms with van der Waals surface area (Å²) in [4.78, 5) is 10.7. The molecular weight excluding hydrogens is 214 g/mol. The molecule has 88 valence electrons. The largest absolute Gasteiger partial charge is 0.481 e. The quantitative estimate of drug-likeness (QED) is 0.863. The molecule has 0 saturated carbocycles. The van der Waals surface area contributed by atoms with Gasteiger partial charge in [0.05, 0.1) is 6.42 Å². The molecule has 0 radical (unpaired) electrons. The van der Waals surface area contributed by atoms with Gasteiger partial charge in [0.1, 0.15) is 0 Å². The minimum atomic E-state index is -0.965. The first kappa shape index (κ1) is 12.6. The van der Waals surface area contributed by atoms with Crippen LogP contribution in [0.3, 0.4) is 0 Å². The van der Waals surface area contributed by atoms with Gasteiger partial charge >= 0.3 is 5.97 Å². The van der Waals surface area contributed by atoms with E-state index >= 15 is 0 Å². The highest BCUT2D eigenvalue weighted by Crippen LogP contribution is 2.29. The second-order valence-electron chi connectivity index (χ2n) is 4.54. The lowest BCUT2D eigenvalue weighted by Crippen LogP contribution is -2.22. The van der Waals surface area contributed by atoms with Gasteiger partial charge in [-0.05, 0) is 24.1 Å². The molecule has 0 aliphatic rings. The van der Waals surface area contributed by atoms with E-state index in [2.05, 4.69) is 0 Å². The van der Waals surface area contributed by atoms with Crippen LogP contribution in [0.5, 0.6) is 0 Å². The normalized spacial score (nSPS) is 11.6. The molecule has 1 aromatic rings. The molecule has 2 nitrogen and oxygen atoms in total. The summed E-state index contributed by atoms with van der Waals surface area (Å²) in [5.41, 5.74) is -0.0368. The minimum Gasteiger partial charge on any atom is -0.481 e. The second-order valence-corrected chi connectivity index (χ2v) is 4.54.